The van der Waals surface area contributed by atoms with Gasteiger partial charge in [0.05, 0.1) is 24.0 Å². The number of rotatable bonds is 4. The second kappa shape index (κ2) is 6.00. The molecule has 4 aromatic rings. The number of anilines is 1. The summed E-state index contributed by atoms with van der Waals surface area (Å²) in [5, 5.41) is 8.03. The number of pyridine rings is 1. The van der Waals surface area contributed by atoms with Gasteiger partial charge < -0.3 is 10.3 Å². The number of fused-ring (bicyclic) bond motifs is 1. The highest BCUT2D eigenvalue weighted by Gasteiger charge is 2.12. The van der Waals surface area contributed by atoms with Crippen LogP contribution in [-0.4, -0.2) is 25.7 Å². The van der Waals surface area contributed by atoms with Gasteiger partial charge >= 0.3 is 0 Å². The van der Waals surface area contributed by atoms with Crippen LogP contribution in [0, 0.1) is 0 Å². The SMILES string of the molecule is O=C(Nc1c[nH]c2ncccc12)c1cnn(Cc2ccccc2)c1. The zero-order valence-electron chi connectivity index (χ0n) is 12.8. The Bertz CT molecular complexity index is 987. The molecule has 24 heavy (non-hydrogen) atoms. The number of hydrogen-bond donors (Lipinski definition) is 2. The van der Waals surface area contributed by atoms with Crippen LogP contribution in [0.15, 0.2) is 67.3 Å². The van der Waals surface area contributed by atoms with Crippen molar-refractivity contribution in [1.82, 2.24) is 19.7 Å². The summed E-state index contributed by atoms with van der Waals surface area (Å²) in [5.74, 6) is -0.195. The van der Waals surface area contributed by atoms with E-state index in [0.717, 1.165) is 16.6 Å². The molecule has 2 N–H and O–H groups in total. The number of nitrogens with zero attached hydrogens (tertiary/aromatic N) is 3. The molecule has 0 fully saturated rings. The summed E-state index contributed by atoms with van der Waals surface area (Å²) in [6, 6.07) is 13.7. The molecular formula is C18H15N5O. The standard InChI is InChI=1S/C18H15N5O/c24-18(22-16-10-20-17-15(16)7-4-8-19-17)14-9-21-23(12-14)11-13-5-2-1-3-6-13/h1-10,12H,11H2,(H,19,20)(H,22,24). The van der Waals surface area contributed by atoms with Crippen molar-refractivity contribution in [1.29, 1.82) is 0 Å². The van der Waals surface area contributed by atoms with E-state index < -0.39 is 0 Å². The normalized spacial score (nSPS) is 10.8. The molecule has 6 heteroatoms. The number of benzene rings is 1. The van der Waals surface area contributed by atoms with Gasteiger partial charge in [-0.25, -0.2) is 4.98 Å². The lowest BCUT2D eigenvalue weighted by molar-refractivity contribution is 0.102. The molecule has 3 heterocycles. The Hall–Kier alpha value is -3.41. The minimum atomic E-state index is -0.195. The maximum absolute atomic E-state index is 12.4. The molecule has 118 valence electrons. The molecule has 3 aromatic heterocycles. The molecule has 0 aliphatic heterocycles. The lowest BCUT2D eigenvalue weighted by atomic mass is 10.2. The molecule has 0 atom stereocenters. The second-order valence-corrected chi connectivity index (χ2v) is 5.47. The minimum Gasteiger partial charge on any atom is -0.344 e. The van der Waals surface area contributed by atoms with Gasteiger partial charge in [-0.3, -0.25) is 9.48 Å². The molecule has 0 radical (unpaired) electrons. The summed E-state index contributed by atoms with van der Waals surface area (Å²) in [4.78, 5) is 19.7. The fourth-order valence-corrected chi connectivity index (χ4v) is 2.59. The maximum atomic E-state index is 12.4. The van der Waals surface area contributed by atoms with Crippen molar-refractivity contribution in [3.63, 3.8) is 0 Å². The molecule has 0 saturated heterocycles. The van der Waals surface area contributed by atoms with Gasteiger partial charge in [-0.1, -0.05) is 30.3 Å². The Morgan fingerprint density at radius 3 is 2.92 bits per heavy atom. The quantitative estimate of drug-likeness (QED) is 0.607. The van der Waals surface area contributed by atoms with E-state index in [1.807, 2.05) is 42.5 Å². The molecular weight excluding hydrogens is 302 g/mol. The van der Waals surface area contributed by atoms with Gasteiger partial charge in [-0.05, 0) is 17.7 Å². The lowest BCUT2D eigenvalue weighted by Crippen LogP contribution is -2.10. The molecule has 4 rings (SSSR count). The van der Waals surface area contributed by atoms with Crippen molar-refractivity contribution < 1.29 is 4.79 Å². The van der Waals surface area contributed by atoms with Gasteiger partial charge in [0.25, 0.3) is 5.91 Å². The van der Waals surface area contributed by atoms with E-state index in [0.29, 0.717) is 17.8 Å². The van der Waals surface area contributed by atoms with Gasteiger partial charge in [0.1, 0.15) is 5.65 Å². The number of carbonyl (C=O) groups excluding carboxylic acids is 1. The predicted molar refractivity (Wildman–Crippen MR) is 91.8 cm³/mol. The number of nitrogens with one attached hydrogen (secondary N) is 2. The number of H-pyrrole nitrogens is 1. The average molecular weight is 317 g/mol. The molecule has 1 aromatic carbocycles. The van der Waals surface area contributed by atoms with E-state index >= 15 is 0 Å². The average Bonchev–Trinajstić information content (AvgIpc) is 3.24. The van der Waals surface area contributed by atoms with Crippen molar-refractivity contribution in [2.24, 2.45) is 0 Å². The van der Waals surface area contributed by atoms with Crippen LogP contribution in [0.2, 0.25) is 0 Å². The molecule has 0 spiro atoms. The first-order valence-electron chi connectivity index (χ1n) is 7.59. The third-order valence-corrected chi connectivity index (χ3v) is 3.78. The molecule has 6 nitrogen and oxygen atoms in total. The first-order chi connectivity index (χ1) is 11.8. The van der Waals surface area contributed by atoms with E-state index in [9.17, 15) is 4.79 Å². The molecule has 1 amide bonds. The Kier molecular flexibility index (Phi) is 3.55. The zero-order chi connectivity index (χ0) is 16.4. The van der Waals surface area contributed by atoms with Crippen LogP contribution in [-0.2, 0) is 6.54 Å². The van der Waals surface area contributed by atoms with Gasteiger partial charge in [-0.15, -0.1) is 0 Å². The zero-order valence-corrected chi connectivity index (χ0v) is 12.8. The largest absolute Gasteiger partial charge is 0.344 e. The topological polar surface area (TPSA) is 75.6 Å². The summed E-state index contributed by atoms with van der Waals surface area (Å²) >= 11 is 0. The first-order valence-corrected chi connectivity index (χ1v) is 7.59. The Balaban J connectivity index is 1.51. The highest BCUT2D eigenvalue weighted by molar-refractivity contribution is 6.08. The number of carbonyl (C=O) groups is 1. The van der Waals surface area contributed by atoms with Crippen molar-refractivity contribution in [2.75, 3.05) is 5.32 Å². The van der Waals surface area contributed by atoms with Crippen LogP contribution in [0.4, 0.5) is 5.69 Å². The van der Waals surface area contributed by atoms with Crippen LogP contribution >= 0.6 is 0 Å². The number of hydrogen-bond acceptors (Lipinski definition) is 3. The number of amides is 1. The van der Waals surface area contributed by atoms with Gasteiger partial charge in [0.15, 0.2) is 0 Å². The Morgan fingerprint density at radius 2 is 2.04 bits per heavy atom. The van der Waals surface area contributed by atoms with E-state index in [1.54, 1.807) is 29.5 Å². The highest BCUT2D eigenvalue weighted by atomic mass is 16.1. The van der Waals surface area contributed by atoms with E-state index in [4.69, 9.17) is 0 Å². The van der Waals surface area contributed by atoms with Crippen LogP contribution in [0.5, 0.6) is 0 Å². The summed E-state index contributed by atoms with van der Waals surface area (Å²) < 4.78 is 1.75. The number of aromatic amines is 1. The van der Waals surface area contributed by atoms with E-state index in [1.165, 1.54) is 0 Å². The summed E-state index contributed by atoms with van der Waals surface area (Å²) in [6.45, 7) is 0.630. The van der Waals surface area contributed by atoms with Crippen LogP contribution in [0.25, 0.3) is 11.0 Å². The molecule has 0 bridgehead atoms. The fourth-order valence-electron chi connectivity index (χ4n) is 2.59. The lowest BCUT2D eigenvalue weighted by Gasteiger charge is -2.02. The van der Waals surface area contributed by atoms with Crippen LogP contribution < -0.4 is 5.32 Å². The molecule has 0 aliphatic carbocycles. The predicted octanol–water partition coefficient (Wildman–Crippen LogP) is 3.06. The van der Waals surface area contributed by atoms with Gasteiger partial charge in [-0.2, -0.15) is 5.10 Å². The molecule has 0 aliphatic rings. The summed E-state index contributed by atoms with van der Waals surface area (Å²) in [6.07, 6.45) is 6.77. The minimum absolute atomic E-state index is 0.195. The van der Waals surface area contributed by atoms with Crippen molar-refractivity contribution >= 4 is 22.6 Å². The van der Waals surface area contributed by atoms with Gasteiger partial charge in [0.2, 0.25) is 0 Å². The monoisotopic (exact) mass is 317 g/mol. The summed E-state index contributed by atoms with van der Waals surface area (Å²) in [7, 11) is 0. The molecule has 0 unspecified atom stereocenters. The second-order valence-electron chi connectivity index (χ2n) is 5.47. The Labute approximate surface area is 138 Å². The highest BCUT2D eigenvalue weighted by Crippen LogP contribution is 2.21. The number of aromatic nitrogens is 4. The third kappa shape index (κ3) is 2.77. The smallest absolute Gasteiger partial charge is 0.258 e. The Morgan fingerprint density at radius 1 is 1.17 bits per heavy atom. The van der Waals surface area contributed by atoms with E-state index in [-0.39, 0.29) is 5.91 Å². The van der Waals surface area contributed by atoms with Crippen molar-refractivity contribution in [2.45, 2.75) is 6.54 Å². The molecule has 0 saturated carbocycles. The summed E-state index contributed by atoms with van der Waals surface area (Å²) in [5.41, 5.74) is 3.10. The van der Waals surface area contributed by atoms with E-state index in [2.05, 4.69) is 20.4 Å². The fraction of sp³-hybridized carbons (Fsp3) is 0.0556. The van der Waals surface area contributed by atoms with Crippen LogP contribution in [0.1, 0.15) is 15.9 Å². The first kappa shape index (κ1) is 14.2. The van der Waals surface area contributed by atoms with Crippen molar-refractivity contribution in [3.8, 4) is 0 Å². The van der Waals surface area contributed by atoms with Crippen molar-refractivity contribution in [3.05, 3.63) is 78.4 Å². The third-order valence-electron chi connectivity index (χ3n) is 3.78. The van der Waals surface area contributed by atoms with Crippen LogP contribution in [0.3, 0.4) is 0 Å². The maximum Gasteiger partial charge on any atom is 0.258 e. The van der Waals surface area contributed by atoms with Gasteiger partial charge in [0, 0.05) is 24.0 Å².